The van der Waals surface area contributed by atoms with Crippen molar-refractivity contribution in [2.75, 3.05) is 7.11 Å². The van der Waals surface area contributed by atoms with Crippen LogP contribution in [0, 0.1) is 3.57 Å². The minimum absolute atomic E-state index is 0.160. The van der Waals surface area contributed by atoms with E-state index in [0.29, 0.717) is 9.13 Å². The van der Waals surface area contributed by atoms with Crippen LogP contribution in [-0.2, 0) is 0 Å². The van der Waals surface area contributed by atoms with Crippen LogP contribution in [0.2, 0.25) is 0 Å². The number of hydrogen-bond donors (Lipinski definition) is 2. The summed E-state index contributed by atoms with van der Waals surface area (Å²) in [6.45, 7) is 5.58. The first-order valence-electron chi connectivity index (χ1n) is 3.93. The van der Waals surface area contributed by atoms with E-state index in [1.165, 1.54) is 7.11 Å². The Kier molecular flexibility index (Phi) is 3.25. The molecular weight excluding hydrogens is 295 g/mol. The topological polar surface area (TPSA) is 49.7 Å². The Bertz CT molecular complexity index is 385. The van der Waals surface area contributed by atoms with E-state index in [2.05, 4.69) is 6.58 Å². The minimum atomic E-state index is -0.239. The lowest BCUT2D eigenvalue weighted by molar-refractivity contribution is 0.349. The number of phenolic OH excluding ortho intramolecular Hbond substituents is 2. The molecule has 0 spiro atoms. The molecule has 0 atom stereocenters. The van der Waals surface area contributed by atoms with Crippen LogP contribution in [0.5, 0.6) is 17.2 Å². The van der Waals surface area contributed by atoms with Crippen LogP contribution in [0.3, 0.4) is 0 Å². The standard InChI is InChI=1S/C10H11IO3/c1-5(2)6-4-7(11)8(12)9(13)10(6)14-3/h4,12-13H,1H2,2-3H3. The molecule has 1 aromatic carbocycles. The number of hydrogen-bond acceptors (Lipinski definition) is 3. The van der Waals surface area contributed by atoms with Crippen LogP contribution in [0.15, 0.2) is 12.6 Å². The first kappa shape index (κ1) is 11.2. The van der Waals surface area contributed by atoms with Crippen molar-refractivity contribution in [3.05, 3.63) is 21.8 Å². The average molecular weight is 306 g/mol. The molecule has 0 saturated heterocycles. The van der Waals surface area contributed by atoms with Gasteiger partial charge in [0.2, 0.25) is 5.75 Å². The molecule has 0 unspecified atom stereocenters. The van der Waals surface area contributed by atoms with Gasteiger partial charge in [-0.05, 0) is 41.2 Å². The average Bonchev–Trinajstić information content (AvgIpc) is 2.13. The Balaban J connectivity index is 3.51. The second-order valence-electron chi connectivity index (χ2n) is 2.92. The number of benzene rings is 1. The molecule has 14 heavy (non-hydrogen) atoms. The van der Waals surface area contributed by atoms with Gasteiger partial charge < -0.3 is 14.9 Å². The van der Waals surface area contributed by atoms with E-state index in [1.54, 1.807) is 6.07 Å². The van der Waals surface area contributed by atoms with Crippen molar-refractivity contribution < 1.29 is 14.9 Å². The van der Waals surface area contributed by atoms with E-state index < -0.39 is 0 Å². The zero-order valence-corrected chi connectivity index (χ0v) is 10.1. The van der Waals surface area contributed by atoms with Crippen molar-refractivity contribution >= 4 is 28.2 Å². The molecule has 0 bridgehead atoms. The molecule has 0 fully saturated rings. The summed E-state index contributed by atoms with van der Waals surface area (Å²) >= 11 is 1.94. The maximum Gasteiger partial charge on any atom is 0.202 e. The zero-order valence-electron chi connectivity index (χ0n) is 7.97. The summed E-state index contributed by atoms with van der Waals surface area (Å²) in [5.74, 6) is -0.139. The van der Waals surface area contributed by atoms with Crippen molar-refractivity contribution in [2.45, 2.75) is 6.92 Å². The second-order valence-corrected chi connectivity index (χ2v) is 4.08. The van der Waals surface area contributed by atoms with Crippen LogP contribution >= 0.6 is 22.6 Å². The lowest BCUT2D eigenvalue weighted by Gasteiger charge is -2.12. The maximum absolute atomic E-state index is 9.59. The van der Waals surface area contributed by atoms with Gasteiger partial charge in [-0.25, -0.2) is 0 Å². The SMILES string of the molecule is C=C(C)c1cc(I)c(O)c(O)c1OC. The number of methoxy groups -OCH3 is 1. The number of allylic oxidation sites excluding steroid dienone is 1. The summed E-state index contributed by atoms with van der Waals surface area (Å²) in [6.07, 6.45) is 0. The smallest absolute Gasteiger partial charge is 0.202 e. The number of phenols is 2. The fraction of sp³-hybridized carbons (Fsp3) is 0.200. The zero-order chi connectivity index (χ0) is 10.9. The third kappa shape index (κ3) is 1.79. The predicted molar refractivity (Wildman–Crippen MR) is 63.7 cm³/mol. The van der Waals surface area contributed by atoms with Crippen molar-refractivity contribution in [3.63, 3.8) is 0 Å². The summed E-state index contributed by atoms with van der Waals surface area (Å²) in [5.41, 5.74) is 1.47. The first-order chi connectivity index (χ1) is 6.49. The molecule has 0 aliphatic heterocycles. The maximum atomic E-state index is 9.59. The highest BCUT2D eigenvalue weighted by Crippen LogP contribution is 2.43. The highest BCUT2D eigenvalue weighted by Gasteiger charge is 2.16. The van der Waals surface area contributed by atoms with E-state index in [-0.39, 0.29) is 17.2 Å². The summed E-state index contributed by atoms with van der Waals surface area (Å²) in [7, 11) is 1.44. The van der Waals surface area contributed by atoms with Crippen LogP contribution in [-0.4, -0.2) is 17.3 Å². The monoisotopic (exact) mass is 306 g/mol. The first-order valence-corrected chi connectivity index (χ1v) is 5.01. The Morgan fingerprint density at radius 2 is 2.00 bits per heavy atom. The van der Waals surface area contributed by atoms with Gasteiger partial charge in [-0.15, -0.1) is 0 Å². The molecule has 0 saturated carbocycles. The lowest BCUT2D eigenvalue weighted by atomic mass is 10.1. The molecule has 2 N–H and O–H groups in total. The Hall–Kier alpha value is -0.910. The normalized spacial score (nSPS) is 9.93. The van der Waals surface area contributed by atoms with Gasteiger partial charge in [0, 0.05) is 5.56 Å². The lowest BCUT2D eigenvalue weighted by Crippen LogP contribution is -1.92. The van der Waals surface area contributed by atoms with Gasteiger partial charge in [-0.2, -0.15) is 0 Å². The van der Waals surface area contributed by atoms with Crippen molar-refractivity contribution in [2.24, 2.45) is 0 Å². The Labute approximate surface area is 96.2 Å². The van der Waals surface area contributed by atoms with Crippen LogP contribution in [0.25, 0.3) is 5.57 Å². The summed E-state index contributed by atoms with van der Waals surface area (Å²) in [5, 5.41) is 19.0. The van der Waals surface area contributed by atoms with Crippen molar-refractivity contribution in [1.29, 1.82) is 0 Å². The summed E-state index contributed by atoms with van der Waals surface area (Å²) in [6, 6.07) is 1.72. The molecule has 3 nitrogen and oxygen atoms in total. The molecule has 76 valence electrons. The Morgan fingerprint density at radius 1 is 1.43 bits per heavy atom. The third-order valence-electron chi connectivity index (χ3n) is 1.85. The highest BCUT2D eigenvalue weighted by molar-refractivity contribution is 14.1. The fourth-order valence-electron chi connectivity index (χ4n) is 1.13. The van der Waals surface area contributed by atoms with Gasteiger partial charge in [-0.1, -0.05) is 6.58 Å². The van der Waals surface area contributed by atoms with E-state index in [4.69, 9.17) is 4.74 Å². The fourth-order valence-corrected chi connectivity index (χ4v) is 1.70. The molecule has 1 rings (SSSR count). The number of aromatic hydroxyl groups is 2. The van der Waals surface area contributed by atoms with Gasteiger partial charge in [0.25, 0.3) is 0 Å². The number of rotatable bonds is 2. The number of ether oxygens (including phenoxy) is 1. The van der Waals surface area contributed by atoms with Gasteiger partial charge in [0.1, 0.15) is 0 Å². The largest absolute Gasteiger partial charge is 0.503 e. The number of halogens is 1. The molecule has 0 amide bonds. The van der Waals surface area contributed by atoms with E-state index in [1.807, 2.05) is 29.5 Å². The van der Waals surface area contributed by atoms with Gasteiger partial charge in [0.05, 0.1) is 10.7 Å². The van der Waals surface area contributed by atoms with Crippen LogP contribution in [0.4, 0.5) is 0 Å². The van der Waals surface area contributed by atoms with Gasteiger partial charge in [0.15, 0.2) is 11.5 Å². The molecule has 0 radical (unpaired) electrons. The van der Waals surface area contributed by atoms with Gasteiger partial charge >= 0.3 is 0 Å². The van der Waals surface area contributed by atoms with E-state index >= 15 is 0 Å². The van der Waals surface area contributed by atoms with Gasteiger partial charge in [-0.3, -0.25) is 0 Å². The highest BCUT2D eigenvalue weighted by atomic mass is 127. The molecular formula is C10H11IO3. The third-order valence-corrected chi connectivity index (χ3v) is 2.67. The second kappa shape index (κ2) is 4.08. The van der Waals surface area contributed by atoms with Crippen LogP contribution in [0.1, 0.15) is 12.5 Å². The van der Waals surface area contributed by atoms with E-state index in [9.17, 15) is 10.2 Å². The molecule has 1 aromatic rings. The Morgan fingerprint density at radius 3 is 2.43 bits per heavy atom. The van der Waals surface area contributed by atoms with Crippen molar-refractivity contribution in [3.8, 4) is 17.2 Å². The molecule has 0 aliphatic rings. The molecule has 0 aromatic heterocycles. The predicted octanol–water partition coefficient (Wildman–Crippen LogP) is 2.74. The van der Waals surface area contributed by atoms with Crippen molar-refractivity contribution in [1.82, 2.24) is 0 Å². The minimum Gasteiger partial charge on any atom is -0.503 e. The molecule has 0 aliphatic carbocycles. The molecule has 4 heteroatoms. The quantitative estimate of drug-likeness (QED) is 0.652. The summed E-state index contributed by atoms with van der Waals surface area (Å²) < 4.78 is 5.57. The molecule has 0 heterocycles. The van der Waals surface area contributed by atoms with Crippen LogP contribution < -0.4 is 4.74 Å². The summed E-state index contributed by atoms with van der Waals surface area (Å²) in [4.78, 5) is 0. The van der Waals surface area contributed by atoms with E-state index in [0.717, 1.165) is 5.57 Å².